The van der Waals surface area contributed by atoms with E-state index in [-0.39, 0.29) is 0 Å². The zero-order chi connectivity index (χ0) is 14.7. The van der Waals surface area contributed by atoms with Crippen LogP contribution in [0.2, 0.25) is 0 Å². The number of hydrogen-bond donors (Lipinski definition) is 1. The van der Waals surface area contributed by atoms with Crippen LogP contribution in [0.5, 0.6) is 0 Å². The van der Waals surface area contributed by atoms with Crippen molar-refractivity contribution in [2.24, 2.45) is 5.92 Å². The fourth-order valence-electron chi connectivity index (χ4n) is 0.612. The Labute approximate surface area is 112 Å². The molecule has 1 heteroatoms. The SMILES string of the molecule is CC.CC(C)=N.CCCC.CCCCC(C)C. The lowest BCUT2D eigenvalue weighted by molar-refractivity contribution is 0.550. The molecule has 0 saturated carbocycles. The van der Waals surface area contributed by atoms with Crippen molar-refractivity contribution >= 4 is 5.71 Å². The first-order valence-electron chi connectivity index (χ1n) is 7.43. The molecule has 0 aliphatic carbocycles. The second-order valence-electron chi connectivity index (χ2n) is 4.54. The molecule has 0 saturated heterocycles. The minimum absolute atomic E-state index is 0.667. The van der Waals surface area contributed by atoms with E-state index in [0.717, 1.165) is 5.92 Å². The first-order chi connectivity index (χ1) is 7.92. The third kappa shape index (κ3) is 134. The van der Waals surface area contributed by atoms with E-state index >= 15 is 0 Å². The van der Waals surface area contributed by atoms with Crippen LogP contribution in [0.25, 0.3) is 0 Å². The van der Waals surface area contributed by atoms with Crippen molar-refractivity contribution in [3.63, 3.8) is 0 Å². The van der Waals surface area contributed by atoms with Crippen LogP contribution in [0.4, 0.5) is 0 Å². The van der Waals surface area contributed by atoms with Gasteiger partial charge in [0.05, 0.1) is 0 Å². The van der Waals surface area contributed by atoms with E-state index in [1.807, 2.05) is 13.8 Å². The van der Waals surface area contributed by atoms with Crippen molar-refractivity contribution in [1.29, 1.82) is 5.41 Å². The Morgan fingerprint density at radius 2 is 1.18 bits per heavy atom. The molecule has 0 aromatic rings. The van der Waals surface area contributed by atoms with Crippen molar-refractivity contribution in [2.75, 3.05) is 0 Å². The van der Waals surface area contributed by atoms with Gasteiger partial charge < -0.3 is 5.41 Å². The highest BCUT2D eigenvalue weighted by Crippen LogP contribution is 2.04. The average Bonchev–Trinajstić information content (AvgIpc) is 2.28. The highest BCUT2D eigenvalue weighted by Gasteiger charge is 1.88. The second-order valence-corrected chi connectivity index (χ2v) is 4.54. The maximum atomic E-state index is 6.50. The molecule has 0 radical (unpaired) electrons. The van der Waals surface area contributed by atoms with Crippen molar-refractivity contribution < 1.29 is 0 Å². The van der Waals surface area contributed by atoms with Crippen LogP contribution in [0.1, 0.15) is 94.4 Å². The summed E-state index contributed by atoms with van der Waals surface area (Å²) in [5.74, 6) is 0.903. The first-order valence-corrected chi connectivity index (χ1v) is 7.43. The summed E-state index contributed by atoms with van der Waals surface area (Å²) in [5.41, 5.74) is 0.667. The molecule has 0 bridgehead atoms. The van der Waals surface area contributed by atoms with Crippen molar-refractivity contribution in [2.45, 2.75) is 94.4 Å². The van der Waals surface area contributed by atoms with Gasteiger partial charge in [-0.05, 0) is 19.8 Å². The maximum absolute atomic E-state index is 6.50. The zero-order valence-corrected chi connectivity index (χ0v) is 14.1. The molecule has 0 aliphatic rings. The number of nitrogens with one attached hydrogen (secondary N) is 1. The Kier molecular flexibility index (Phi) is 44.4. The third-order valence-electron chi connectivity index (χ3n) is 1.64. The molecule has 0 spiro atoms. The lowest BCUT2D eigenvalue weighted by Crippen LogP contribution is -1.83. The smallest absolute Gasteiger partial charge is 0.00272 e. The second kappa shape index (κ2) is 29.6. The predicted octanol–water partition coefficient (Wildman–Crippen LogP) is 6.71. The summed E-state index contributed by atoms with van der Waals surface area (Å²) in [6.07, 6.45) is 6.78. The molecular formula is C16H39N. The van der Waals surface area contributed by atoms with Gasteiger partial charge in [-0.3, -0.25) is 0 Å². The number of hydrogen-bond acceptors (Lipinski definition) is 1. The molecule has 1 N–H and O–H groups in total. The van der Waals surface area contributed by atoms with Gasteiger partial charge in [0.1, 0.15) is 0 Å². The molecule has 0 rings (SSSR count). The van der Waals surface area contributed by atoms with Gasteiger partial charge in [0, 0.05) is 5.71 Å². The van der Waals surface area contributed by atoms with Gasteiger partial charge in [-0.2, -0.15) is 0 Å². The molecule has 1 nitrogen and oxygen atoms in total. The van der Waals surface area contributed by atoms with Crippen LogP contribution >= 0.6 is 0 Å². The summed E-state index contributed by atoms with van der Waals surface area (Å²) in [7, 11) is 0. The summed E-state index contributed by atoms with van der Waals surface area (Å²) in [6, 6.07) is 0. The maximum Gasteiger partial charge on any atom is 0.00272 e. The Balaban J connectivity index is -0.0000000733. The lowest BCUT2D eigenvalue weighted by Gasteiger charge is -1.98. The fourth-order valence-corrected chi connectivity index (χ4v) is 0.612. The summed E-state index contributed by atoms with van der Waals surface area (Å²) in [5, 5.41) is 6.50. The third-order valence-corrected chi connectivity index (χ3v) is 1.64. The molecular weight excluding hydrogens is 206 g/mol. The minimum Gasteiger partial charge on any atom is -0.310 e. The van der Waals surface area contributed by atoms with E-state index in [4.69, 9.17) is 5.41 Å². The molecule has 0 aliphatic heterocycles. The van der Waals surface area contributed by atoms with Crippen LogP contribution in [-0.2, 0) is 0 Å². The molecule has 0 amide bonds. The molecule has 0 fully saturated rings. The van der Waals surface area contributed by atoms with E-state index in [9.17, 15) is 0 Å². The van der Waals surface area contributed by atoms with Crippen LogP contribution < -0.4 is 0 Å². The van der Waals surface area contributed by atoms with Gasteiger partial charge in [0.15, 0.2) is 0 Å². The number of unbranched alkanes of at least 4 members (excludes halogenated alkanes) is 2. The zero-order valence-electron chi connectivity index (χ0n) is 14.1. The van der Waals surface area contributed by atoms with Crippen molar-refractivity contribution in [3.05, 3.63) is 0 Å². The Morgan fingerprint density at radius 1 is 0.882 bits per heavy atom. The van der Waals surface area contributed by atoms with Crippen molar-refractivity contribution in [3.8, 4) is 0 Å². The molecule has 0 unspecified atom stereocenters. The molecule has 17 heavy (non-hydrogen) atoms. The van der Waals surface area contributed by atoms with E-state index in [1.165, 1.54) is 32.1 Å². The van der Waals surface area contributed by atoms with E-state index in [2.05, 4.69) is 34.6 Å². The highest BCUT2D eigenvalue weighted by atomic mass is 14.3. The van der Waals surface area contributed by atoms with Crippen LogP contribution in [-0.4, -0.2) is 5.71 Å². The predicted molar refractivity (Wildman–Crippen MR) is 85.4 cm³/mol. The summed E-state index contributed by atoms with van der Waals surface area (Å²) >= 11 is 0. The minimum atomic E-state index is 0.667. The van der Waals surface area contributed by atoms with Crippen LogP contribution in [0, 0.1) is 11.3 Å². The molecule has 0 atom stereocenters. The molecule has 0 aromatic heterocycles. The molecule has 0 aromatic carbocycles. The monoisotopic (exact) mass is 245 g/mol. The highest BCUT2D eigenvalue weighted by molar-refractivity contribution is 5.75. The summed E-state index contributed by atoms with van der Waals surface area (Å²) < 4.78 is 0. The van der Waals surface area contributed by atoms with Gasteiger partial charge in [-0.1, -0.05) is 80.6 Å². The summed E-state index contributed by atoms with van der Waals surface area (Å²) in [6.45, 7) is 18.6. The van der Waals surface area contributed by atoms with E-state index in [0.29, 0.717) is 5.71 Å². The average molecular weight is 245 g/mol. The van der Waals surface area contributed by atoms with Crippen LogP contribution in [0.15, 0.2) is 0 Å². The van der Waals surface area contributed by atoms with Crippen molar-refractivity contribution in [1.82, 2.24) is 0 Å². The van der Waals surface area contributed by atoms with Gasteiger partial charge in [0.25, 0.3) is 0 Å². The van der Waals surface area contributed by atoms with Crippen LogP contribution in [0.3, 0.4) is 0 Å². The standard InChI is InChI=1S/C7H16.C4H10.C3H7N.C2H6/c1-4-5-6-7(2)3;1-3-4-2;1-3(2)4;1-2/h7H,4-6H2,1-3H3;3-4H2,1-2H3;4H,1-2H3;1-2H3. The van der Waals surface area contributed by atoms with E-state index < -0.39 is 0 Å². The van der Waals surface area contributed by atoms with Gasteiger partial charge in [-0.25, -0.2) is 0 Å². The topological polar surface area (TPSA) is 23.9 Å². The van der Waals surface area contributed by atoms with Gasteiger partial charge >= 0.3 is 0 Å². The summed E-state index contributed by atoms with van der Waals surface area (Å²) in [4.78, 5) is 0. The number of rotatable bonds is 4. The Bertz CT molecular complexity index is 100. The molecule has 108 valence electrons. The largest absolute Gasteiger partial charge is 0.310 e. The Hall–Kier alpha value is -0.330. The lowest BCUT2D eigenvalue weighted by atomic mass is 10.1. The Morgan fingerprint density at radius 3 is 1.24 bits per heavy atom. The van der Waals surface area contributed by atoms with E-state index in [1.54, 1.807) is 13.8 Å². The fraction of sp³-hybridized carbons (Fsp3) is 0.938. The molecule has 0 heterocycles. The quantitative estimate of drug-likeness (QED) is 0.532. The normalized spacial score (nSPS) is 7.88. The first kappa shape index (κ1) is 25.5. The van der Waals surface area contributed by atoms with Gasteiger partial charge in [0.2, 0.25) is 0 Å². The van der Waals surface area contributed by atoms with Gasteiger partial charge in [-0.15, -0.1) is 0 Å².